The lowest BCUT2D eigenvalue weighted by molar-refractivity contribution is 0.0993. The highest BCUT2D eigenvalue weighted by Gasteiger charge is 2.45. The molecular formula is C26H24Cl2N6O4. The maximum atomic E-state index is 14.1. The minimum Gasteiger partial charge on any atom is -0.480 e. The second-order valence-corrected chi connectivity index (χ2v) is 9.88. The molecule has 12 heteroatoms. The molecule has 10 nitrogen and oxygen atoms in total. The molecule has 0 spiro atoms. The van der Waals surface area contributed by atoms with Gasteiger partial charge in [0, 0.05) is 31.7 Å². The monoisotopic (exact) mass is 554 g/mol. The molecule has 0 radical (unpaired) electrons. The third kappa shape index (κ3) is 4.10. The molecule has 1 aliphatic rings. The van der Waals surface area contributed by atoms with Crippen molar-refractivity contribution in [1.29, 1.82) is 0 Å². The van der Waals surface area contributed by atoms with Crippen LogP contribution in [0.15, 0.2) is 47.7 Å². The number of carbonyl (C=O) groups excluding carboxylic acids is 1. The molecule has 0 N–H and O–H groups in total. The molecule has 1 atom stereocenters. The van der Waals surface area contributed by atoms with Gasteiger partial charge in [0.05, 0.1) is 52.5 Å². The summed E-state index contributed by atoms with van der Waals surface area (Å²) in [5, 5.41) is 0.769. The molecule has 5 rings (SSSR count). The van der Waals surface area contributed by atoms with E-state index < -0.39 is 6.04 Å². The Morgan fingerprint density at radius 3 is 2.37 bits per heavy atom. The van der Waals surface area contributed by atoms with E-state index in [2.05, 4.69) is 15.0 Å². The van der Waals surface area contributed by atoms with Crippen LogP contribution in [0.2, 0.25) is 10.0 Å². The number of nitrogens with zero attached hydrogens (tertiary/aromatic N) is 6. The zero-order chi connectivity index (χ0) is 27.3. The van der Waals surface area contributed by atoms with Crippen molar-refractivity contribution in [2.45, 2.75) is 25.9 Å². The molecule has 0 saturated heterocycles. The fourth-order valence-corrected chi connectivity index (χ4v) is 5.16. The number of ether oxygens (including phenoxy) is 2. The van der Waals surface area contributed by atoms with Crippen molar-refractivity contribution in [1.82, 2.24) is 24.1 Å². The third-order valence-corrected chi connectivity index (χ3v) is 6.79. The largest absolute Gasteiger partial charge is 0.480 e. The van der Waals surface area contributed by atoms with Crippen LogP contribution in [-0.4, -0.2) is 44.2 Å². The van der Waals surface area contributed by atoms with E-state index in [1.54, 1.807) is 31.4 Å². The van der Waals surface area contributed by atoms with E-state index in [-0.39, 0.29) is 29.2 Å². The number of amides is 1. The summed E-state index contributed by atoms with van der Waals surface area (Å²) in [4.78, 5) is 41.9. The van der Waals surface area contributed by atoms with E-state index in [4.69, 9.17) is 32.7 Å². The van der Waals surface area contributed by atoms with Gasteiger partial charge in [0.15, 0.2) is 0 Å². The summed E-state index contributed by atoms with van der Waals surface area (Å²) in [5.74, 6) is -0.0701. The number of halogens is 2. The Hall–Kier alpha value is -3.89. The first kappa shape index (κ1) is 25.7. The molecule has 5 heterocycles. The summed E-state index contributed by atoms with van der Waals surface area (Å²) in [7, 11) is 4.56. The highest BCUT2D eigenvalue weighted by molar-refractivity contribution is 6.31. The van der Waals surface area contributed by atoms with E-state index in [9.17, 15) is 9.59 Å². The van der Waals surface area contributed by atoms with Crippen LogP contribution in [0, 0.1) is 0 Å². The zero-order valence-electron chi connectivity index (χ0n) is 21.3. The van der Waals surface area contributed by atoms with Crippen LogP contribution in [0.3, 0.4) is 0 Å². The number of hydrogen-bond donors (Lipinski definition) is 0. The highest BCUT2D eigenvalue weighted by atomic mass is 35.5. The Labute approximate surface area is 228 Å². The molecular weight excluding hydrogens is 531 g/mol. The smallest absolute Gasteiger partial charge is 0.319 e. The molecule has 4 aromatic heterocycles. The normalized spacial score (nSPS) is 14.8. The maximum Gasteiger partial charge on any atom is 0.319 e. The Morgan fingerprint density at radius 2 is 1.74 bits per heavy atom. The molecule has 1 unspecified atom stereocenters. The van der Waals surface area contributed by atoms with Crippen LogP contribution < -0.4 is 19.9 Å². The fraction of sp³-hybridized carbons (Fsp3) is 0.269. The van der Waals surface area contributed by atoms with Gasteiger partial charge in [0.1, 0.15) is 11.7 Å². The number of anilines is 1. The Kier molecular flexibility index (Phi) is 6.62. The van der Waals surface area contributed by atoms with Gasteiger partial charge in [-0.3, -0.25) is 19.5 Å². The predicted octanol–water partition coefficient (Wildman–Crippen LogP) is 4.69. The van der Waals surface area contributed by atoms with Gasteiger partial charge in [-0.15, -0.1) is 0 Å². The summed E-state index contributed by atoms with van der Waals surface area (Å²) in [6, 6.07) is 6.02. The third-order valence-electron chi connectivity index (χ3n) is 6.36. The molecule has 38 heavy (non-hydrogen) atoms. The van der Waals surface area contributed by atoms with E-state index in [0.717, 1.165) is 0 Å². The van der Waals surface area contributed by atoms with Crippen molar-refractivity contribution in [2.24, 2.45) is 7.05 Å². The quantitative estimate of drug-likeness (QED) is 0.340. The van der Waals surface area contributed by atoms with Crippen molar-refractivity contribution in [3.8, 4) is 23.1 Å². The molecule has 1 amide bonds. The van der Waals surface area contributed by atoms with Crippen LogP contribution in [0.1, 0.15) is 47.7 Å². The predicted molar refractivity (Wildman–Crippen MR) is 144 cm³/mol. The molecule has 0 aromatic carbocycles. The van der Waals surface area contributed by atoms with Gasteiger partial charge < -0.3 is 18.6 Å². The highest BCUT2D eigenvalue weighted by Crippen LogP contribution is 2.46. The first-order chi connectivity index (χ1) is 18.2. The fourth-order valence-electron chi connectivity index (χ4n) is 4.80. The lowest BCUT2D eigenvalue weighted by Crippen LogP contribution is -2.36. The average molecular weight is 555 g/mol. The van der Waals surface area contributed by atoms with Gasteiger partial charge in [0.2, 0.25) is 5.88 Å². The summed E-state index contributed by atoms with van der Waals surface area (Å²) >= 11 is 12.5. The number of hydrogen-bond acceptors (Lipinski definition) is 7. The van der Waals surface area contributed by atoms with Gasteiger partial charge in [-0.1, -0.05) is 23.2 Å². The van der Waals surface area contributed by atoms with Crippen molar-refractivity contribution in [3.63, 3.8) is 0 Å². The zero-order valence-corrected chi connectivity index (χ0v) is 22.8. The van der Waals surface area contributed by atoms with Crippen LogP contribution >= 0.6 is 23.2 Å². The van der Waals surface area contributed by atoms with Crippen LogP contribution in [0.4, 0.5) is 5.69 Å². The summed E-state index contributed by atoms with van der Waals surface area (Å²) in [6.07, 6.45) is 4.61. The Balaban J connectivity index is 1.81. The van der Waals surface area contributed by atoms with Crippen molar-refractivity contribution < 1.29 is 14.3 Å². The number of methoxy groups -OCH3 is 2. The van der Waals surface area contributed by atoms with Gasteiger partial charge in [-0.25, -0.2) is 4.98 Å². The molecule has 4 aromatic rings. The topological polar surface area (TPSA) is 104 Å². The second kappa shape index (κ2) is 9.77. The van der Waals surface area contributed by atoms with Gasteiger partial charge in [-0.05, 0) is 38.1 Å². The molecule has 0 fully saturated rings. The van der Waals surface area contributed by atoms with E-state index in [1.807, 2.05) is 18.4 Å². The number of rotatable bonds is 6. The van der Waals surface area contributed by atoms with Crippen LogP contribution in [0.25, 0.3) is 11.3 Å². The number of aromatic nitrogens is 5. The molecule has 0 aliphatic carbocycles. The minimum absolute atomic E-state index is 0.106. The second-order valence-electron chi connectivity index (χ2n) is 9.01. The average Bonchev–Trinajstić information content (AvgIpc) is 3.41. The Bertz CT molecular complexity index is 1610. The number of aryl methyl sites for hydroxylation is 1. The standard InChI is InChI=1S/C26H24Cl2N6O4/c1-13(2)33-19(17-11-30-26(38-5)31-23(17)37-4)9-16-21(33)22(18-7-6-14(27)10-29-18)34(24(16)35)20-8-15(28)12-32(3)25(20)36/h6-13,22H,1-5H3. The molecule has 1 aliphatic heterocycles. The molecule has 0 bridgehead atoms. The first-order valence-corrected chi connectivity index (χ1v) is 12.4. The minimum atomic E-state index is -0.734. The number of carbonyl (C=O) groups is 1. The number of fused-ring (bicyclic) bond motifs is 1. The molecule has 0 saturated carbocycles. The van der Waals surface area contributed by atoms with Crippen molar-refractivity contribution in [3.05, 3.63) is 80.2 Å². The van der Waals surface area contributed by atoms with Gasteiger partial charge in [0.25, 0.3) is 11.5 Å². The molecule has 196 valence electrons. The number of pyridine rings is 2. The lowest BCUT2D eigenvalue weighted by atomic mass is 10.1. The summed E-state index contributed by atoms with van der Waals surface area (Å²) < 4.78 is 14.0. The van der Waals surface area contributed by atoms with Crippen LogP contribution in [0.5, 0.6) is 11.9 Å². The van der Waals surface area contributed by atoms with Crippen molar-refractivity contribution >= 4 is 34.8 Å². The van der Waals surface area contributed by atoms with E-state index in [0.29, 0.717) is 44.1 Å². The Morgan fingerprint density at radius 1 is 0.974 bits per heavy atom. The summed E-state index contributed by atoms with van der Waals surface area (Å²) in [6.45, 7) is 4.00. The SMILES string of the molecule is COc1ncc(-c2cc3c(n2C(C)C)C(c2ccc(Cl)cn2)N(c2cc(Cl)cn(C)c2=O)C3=O)c(OC)n1. The van der Waals surface area contributed by atoms with E-state index in [1.165, 1.54) is 42.1 Å². The van der Waals surface area contributed by atoms with E-state index >= 15 is 0 Å². The summed E-state index contributed by atoms with van der Waals surface area (Å²) in [5.41, 5.74) is 2.64. The van der Waals surface area contributed by atoms with Gasteiger partial charge >= 0.3 is 6.01 Å². The lowest BCUT2D eigenvalue weighted by Gasteiger charge is -2.28. The first-order valence-electron chi connectivity index (χ1n) is 11.7. The van der Waals surface area contributed by atoms with Crippen molar-refractivity contribution in [2.75, 3.05) is 19.1 Å². The van der Waals surface area contributed by atoms with Gasteiger partial charge in [-0.2, -0.15) is 4.98 Å². The van der Waals surface area contributed by atoms with Crippen LogP contribution in [-0.2, 0) is 7.05 Å². The maximum absolute atomic E-state index is 14.1.